The lowest BCUT2D eigenvalue weighted by molar-refractivity contribution is 0.0929. The second-order valence-corrected chi connectivity index (χ2v) is 5.44. The SMILES string of the molecule is O=C(NC1CCNCC1)c1ccc(-c2ccccc2)cc1. The normalized spacial score (nSPS) is 15.6. The standard InChI is InChI=1S/C18H20N2O/c21-18(20-17-10-12-19-13-11-17)16-8-6-15(7-9-16)14-4-2-1-3-5-14/h1-9,17,19H,10-13H2,(H,20,21). The topological polar surface area (TPSA) is 41.1 Å². The van der Waals surface area contributed by atoms with Gasteiger partial charge in [0.15, 0.2) is 0 Å². The van der Waals surface area contributed by atoms with Gasteiger partial charge in [0.1, 0.15) is 0 Å². The molecule has 21 heavy (non-hydrogen) atoms. The predicted octanol–water partition coefficient (Wildman–Crippen LogP) is 2.84. The molecule has 0 aromatic heterocycles. The number of hydrogen-bond acceptors (Lipinski definition) is 2. The Balaban J connectivity index is 1.67. The summed E-state index contributed by atoms with van der Waals surface area (Å²) in [5.41, 5.74) is 3.03. The van der Waals surface area contributed by atoms with Crippen molar-refractivity contribution in [1.82, 2.24) is 10.6 Å². The van der Waals surface area contributed by atoms with Crippen molar-refractivity contribution in [2.75, 3.05) is 13.1 Å². The van der Waals surface area contributed by atoms with E-state index in [2.05, 4.69) is 22.8 Å². The van der Waals surface area contributed by atoms with Crippen LogP contribution in [0, 0.1) is 0 Å². The Morgan fingerprint density at radius 2 is 1.52 bits per heavy atom. The first kappa shape index (κ1) is 13.8. The van der Waals surface area contributed by atoms with Crippen molar-refractivity contribution in [2.24, 2.45) is 0 Å². The van der Waals surface area contributed by atoms with Gasteiger partial charge >= 0.3 is 0 Å². The molecular formula is C18H20N2O. The van der Waals surface area contributed by atoms with E-state index in [1.54, 1.807) is 0 Å². The Bertz CT molecular complexity index is 586. The van der Waals surface area contributed by atoms with Crippen molar-refractivity contribution in [1.29, 1.82) is 0 Å². The Morgan fingerprint density at radius 3 is 2.19 bits per heavy atom. The van der Waals surface area contributed by atoms with Gasteiger partial charge < -0.3 is 10.6 Å². The highest BCUT2D eigenvalue weighted by Gasteiger charge is 2.16. The van der Waals surface area contributed by atoms with Crippen LogP contribution < -0.4 is 10.6 Å². The van der Waals surface area contributed by atoms with Crippen LogP contribution in [-0.2, 0) is 0 Å². The third kappa shape index (κ3) is 3.50. The lowest BCUT2D eigenvalue weighted by Crippen LogP contribution is -2.42. The molecule has 0 atom stereocenters. The van der Waals surface area contributed by atoms with E-state index in [1.165, 1.54) is 5.56 Å². The van der Waals surface area contributed by atoms with E-state index in [0.717, 1.165) is 37.1 Å². The summed E-state index contributed by atoms with van der Waals surface area (Å²) in [7, 11) is 0. The minimum absolute atomic E-state index is 0.0292. The highest BCUT2D eigenvalue weighted by atomic mass is 16.1. The number of benzene rings is 2. The van der Waals surface area contributed by atoms with E-state index in [-0.39, 0.29) is 5.91 Å². The first-order chi connectivity index (χ1) is 10.3. The van der Waals surface area contributed by atoms with Gasteiger partial charge in [0, 0.05) is 11.6 Å². The van der Waals surface area contributed by atoms with Gasteiger partial charge in [-0.05, 0) is 49.2 Å². The number of carbonyl (C=O) groups is 1. The third-order valence-corrected chi connectivity index (χ3v) is 3.93. The van der Waals surface area contributed by atoms with E-state index in [0.29, 0.717) is 6.04 Å². The van der Waals surface area contributed by atoms with Crippen molar-refractivity contribution < 1.29 is 4.79 Å². The maximum absolute atomic E-state index is 12.2. The monoisotopic (exact) mass is 280 g/mol. The fourth-order valence-corrected chi connectivity index (χ4v) is 2.68. The van der Waals surface area contributed by atoms with Gasteiger partial charge in [0.25, 0.3) is 5.91 Å². The van der Waals surface area contributed by atoms with Crippen LogP contribution in [0.1, 0.15) is 23.2 Å². The van der Waals surface area contributed by atoms with Crippen molar-refractivity contribution >= 4 is 5.91 Å². The lowest BCUT2D eigenvalue weighted by atomic mass is 10.0. The highest BCUT2D eigenvalue weighted by molar-refractivity contribution is 5.94. The molecule has 1 aliphatic heterocycles. The summed E-state index contributed by atoms with van der Waals surface area (Å²) in [6.45, 7) is 1.97. The summed E-state index contributed by atoms with van der Waals surface area (Å²) < 4.78 is 0. The molecule has 2 aromatic rings. The molecule has 0 unspecified atom stereocenters. The summed E-state index contributed by atoms with van der Waals surface area (Å²) >= 11 is 0. The molecule has 1 heterocycles. The van der Waals surface area contributed by atoms with Gasteiger partial charge in [-0.1, -0.05) is 42.5 Å². The minimum atomic E-state index is 0.0292. The molecular weight excluding hydrogens is 260 g/mol. The average molecular weight is 280 g/mol. The quantitative estimate of drug-likeness (QED) is 0.907. The van der Waals surface area contributed by atoms with E-state index >= 15 is 0 Å². The van der Waals surface area contributed by atoms with Gasteiger partial charge in [-0.15, -0.1) is 0 Å². The van der Waals surface area contributed by atoms with Crippen molar-refractivity contribution in [3.63, 3.8) is 0 Å². The lowest BCUT2D eigenvalue weighted by Gasteiger charge is -2.23. The molecule has 3 rings (SSSR count). The zero-order valence-corrected chi connectivity index (χ0v) is 12.0. The molecule has 1 fully saturated rings. The van der Waals surface area contributed by atoms with Crippen LogP contribution in [0.2, 0.25) is 0 Å². The average Bonchev–Trinajstić information content (AvgIpc) is 2.57. The van der Waals surface area contributed by atoms with E-state index < -0.39 is 0 Å². The maximum Gasteiger partial charge on any atom is 0.251 e. The second kappa shape index (κ2) is 6.55. The molecule has 3 heteroatoms. The number of piperidine rings is 1. The van der Waals surface area contributed by atoms with Crippen LogP contribution in [0.15, 0.2) is 54.6 Å². The molecule has 3 nitrogen and oxygen atoms in total. The van der Waals surface area contributed by atoms with Gasteiger partial charge in [0.05, 0.1) is 0 Å². The first-order valence-corrected chi connectivity index (χ1v) is 7.50. The number of carbonyl (C=O) groups excluding carboxylic acids is 1. The van der Waals surface area contributed by atoms with E-state index in [1.807, 2.05) is 42.5 Å². The van der Waals surface area contributed by atoms with E-state index in [4.69, 9.17) is 0 Å². The summed E-state index contributed by atoms with van der Waals surface area (Å²) in [5, 5.41) is 6.42. The summed E-state index contributed by atoms with van der Waals surface area (Å²) in [6.07, 6.45) is 2.02. The summed E-state index contributed by atoms with van der Waals surface area (Å²) in [6, 6.07) is 18.3. The van der Waals surface area contributed by atoms with Crippen molar-refractivity contribution in [2.45, 2.75) is 18.9 Å². The zero-order valence-electron chi connectivity index (χ0n) is 12.0. The molecule has 0 saturated carbocycles. The van der Waals surface area contributed by atoms with Crippen molar-refractivity contribution in [3.8, 4) is 11.1 Å². The van der Waals surface area contributed by atoms with Gasteiger partial charge in [-0.25, -0.2) is 0 Å². The van der Waals surface area contributed by atoms with E-state index in [9.17, 15) is 4.79 Å². The largest absolute Gasteiger partial charge is 0.349 e. The maximum atomic E-state index is 12.2. The Morgan fingerprint density at radius 1 is 0.905 bits per heavy atom. The molecule has 2 aromatic carbocycles. The fourth-order valence-electron chi connectivity index (χ4n) is 2.68. The second-order valence-electron chi connectivity index (χ2n) is 5.44. The van der Waals surface area contributed by atoms with Crippen LogP contribution in [0.3, 0.4) is 0 Å². The van der Waals surface area contributed by atoms with Crippen LogP contribution in [-0.4, -0.2) is 25.0 Å². The van der Waals surface area contributed by atoms with Crippen molar-refractivity contribution in [3.05, 3.63) is 60.2 Å². The predicted molar refractivity (Wildman–Crippen MR) is 85.2 cm³/mol. The summed E-state index contributed by atoms with van der Waals surface area (Å²) in [4.78, 5) is 12.2. The molecule has 1 aliphatic rings. The Labute approximate surface area is 125 Å². The molecule has 0 spiro atoms. The number of nitrogens with one attached hydrogen (secondary N) is 2. The fraction of sp³-hybridized carbons (Fsp3) is 0.278. The van der Waals surface area contributed by atoms with Gasteiger partial charge in [0.2, 0.25) is 0 Å². The summed E-state index contributed by atoms with van der Waals surface area (Å²) in [5.74, 6) is 0.0292. The molecule has 0 radical (unpaired) electrons. The number of rotatable bonds is 3. The molecule has 0 bridgehead atoms. The van der Waals surface area contributed by atoms with Crippen LogP contribution in [0.25, 0.3) is 11.1 Å². The molecule has 108 valence electrons. The number of hydrogen-bond donors (Lipinski definition) is 2. The number of amides is 1. The van der Waals surface area contributed by atoms with Crippen LogP contribution in [0.4, 0.5) is 0 Å². The Hall–Kier alpha value is -2.13. The smallest absolute Gasteiger partial charge is 0.251 e. The van der Waals surface area contributed by atoms with Crippen LogP contribution >= 0.6 is 0 Å². The molecule has 0 aliphatic carbocycles. The molecule has 1 saturated heterocycles. The van der Waals surface area contributed by atoms with Crippen LogP contribution in [0.5, 0.6) is 0 Å². The minimum Gasteiger partial charge on any atom is -0.349 e. The highest BCUT2D eigenvalue weighted by Crippen LogP contribution is 2.19. The Kier molecular flexibility index (Phi) is 4.31. The first-order valence-electron chi connectivity index (χ1n) is 7.50. The zero-order chi connectivity index (χ0) is 14.5. The molecule has 2 N–H and O–H groups in total. The van der Waals surface area contributed by atoms with Gasteiger partial charge in [-0.3, -0.25) is 4.79 Å². The third-order valence-electron chi connectivity index (χ3n) is 3.93. The van der Waals surface area contributed by atoms with Gasteiger partial charge in [-0.2, -0.15) is 0 Å². The molecule has 1 amide bonds.